The number of carbonyl (C=O) groups is 1. The molecule has 0 spiro atoms. The van der Waals surface area contributed by atoms with Gasteiger partial charge < -0.3 is 24.4 Å². The van der Waals surface area contributed by atoms with Gasteiger partial charge in [-0.1, -0.05) is 6.58 Å². The summed E-state index contributed by atoms with van der Waals surface area (Å²) in [6.45, 7) is 9.11. The largest absolute Gasteiger partial charge is 0.496 e. The van der Waals surface area contributed by atoms with E-state index in [1.54, 1.807) is 36.9 Å². The molecule has 2 aromatic heterocycles. The highest BCUT2D eigenvalue weighted by Crippen LogP contribution is 2.38. The fourth-order valence-corrected chi connectivity index (χ4v) is 4.86. The van der Waals surface area contributed by atoms with E-state index in [1.807, 2.05) is 26.0 Å². The highest BCUT2D eigenvalue weighted by Gasteiger charge is 2.26. The summed E-state index contributed by atoms with van der Waals surface area (Å²) >= 11 is 0. The Bertz CT molecular complexity index is 1370. The number of fused-ring (bicyclic) bond motifs is 1. The molecule has 1 N–H and O–H groups in total. The van der Waals surface area contributed by atoms with Crippen molar-refractivity contribution in [2.24, 2.45) is 0 Å². The SMILES string of the molecule is C=CC(=O)N1CC[C@H](OCCn2c(=O)c(-c3c(C)c(OC)cc(OC)c3C)cc3cnc(NC)nc32)C1. The van der Waals surface area contributed by atoms with Crippen LogP contribution in [-0.2, 0) is 16.1 Å². The second kappa shape index (κ2) is 11.0. The lowest BCUT2D eigenvalue weighted by molar-refractivity contribution is -0.125. The normalized spacial score (nSPS) is 15.2. The second-order valence-electron chi connectivity index (χ2n) is 8.91. The molecular formula is C27H33N5O5. The van der Waals surface area contributed by atoms with Gasteiger partial charge in [0.15, 0.2) is 0 Å². The molecule has 3 aromatic rings. The zero-order valence-electron chi connectivity index (χ0n) is 22.0. The summed E-state index contributed by atoms with van der Waals surface area (Å²) in [7, 11) is 4.92. The summed E-state index contributed by atoms with van der Waals surface area (Å²) in [5.74, 6) is 1.58. The lowest BCUT2D eigenvalue weighted by Gasteiger charge is -2.19. The first-order chi connectivity index (χ1) is 17.8. The molecular weight excluding hydrogens is 474 g/mol. The third kappa shape index (κ3) is 5.01. The van der Waals surface area contributed by atoms with Gasteiger partial charge in [0, 0.05) is 48.9 Å². The van der Waals surface area contributed by atoms with Crippen LogP contribution >= 0.6 is 0 Å². The van der Waals surface area contributed by atoms with E-state index in [2.05, 4.69) is 21.9 Å². The number of aromatic nitrogens is 3. The average Bonchev–Trinajstić information content (AvgIpc) is 3.39. The van der Waals surface area contributed by atoms with Crippen LogP contribution in [0.4, 0.5) is 5.95 Å². The number of pyridine rings is 1. The molecule has 1 fully saturated rings. The molecule has 1 aliphatic rings. The maximum atomic E-state index is 14.0. The lowest BCUT2D eigenvalue weighted by Crippen LogP contribution is -2.30. The first kappa shape index (κ1) is 26.2. The molecule has 10 nitrogen and oxygen atoms in total. The summed E-state index contributed by atoms with van der Waals surface area (Å²) in [6.07, 6.45) is 3.66. The Hall–Kier alpha value is -3.92. The highest BCUT2D eigenvalue weighted by molar-refractivity contribution is 5.87. The average molecular weight is 508 g/mol. The minimum atomic E-state index is -0.201. The van der Waals surface area contributed by atoms with E-state index in [-0.39, 0.29) is 30.7 Å². The first-order valence-corrected chi connectivity index (χ1v) is 12.2. The molecule has 3 heterocycles. The van der Waals surface area contributed by atoms with Crippen molar-refractivity contribution in [2.75, 3.05) is 46.3 Å². The lowest BCUT2D eigenvalue weighted by atomic mass is 9.94. The number of amides is 1. The van der Waals surface area contributed by atoms with Crippen LogP contribution in [0.2, 0.25) is 0 Å². The molecule has 4 rings (SSSR count). The van der Waals surface area contributed by atoms with Gasteiger partial charge in [0.05, 0.1) is 33.5 Å². The molecule has 0 aliphatic carbocycles. The van der Waals surface area contributed by atoms with Crippen molar-refractivity contribution in [1.82, 2.24) is 19.4 Å². The maximum Gasteiger partial charge on any atom is 0.260 e. The molecule has 10 heteroatoms. The molecule has 0 radical (unpaired) electrons. The van der Waals surface area contributed by atoms with Crippen LogP contribution in [0.15, 0.2) is 35.8 Å². The monoisotopic (exact) mass is 507 g/mol. The van der Waals surface area contributed by atoms with Crippen LogP contribution in [0.25, 0.3) is 22.2 Å². The Morgan fingerprint density at radius 3 is 2.54 bits per heavy atom. The van der Waals surface area contributed by atoms with Crippen LogP contribution in [0.5, 0.6) is 11.5 Å². The third-order valence-electron chi connectivity index (χ3n) is 6.81. The fraction of sp³-hybridized carbons (Fsp3) is 0.407. The van der Waals surface area contributed by atoms with Gasteiger partial charge in [-0.3, -0.25) is 14.2 Å². The summed E-state index contributed by atoms with van der Waals surface area (Å²) in [5, 5.41) is 3.66. The fourth-order valence-electron chi connectivity index (χ4n) is 4.86. The standard InChI is InChI=1S/C27H33N5O5/c1-7-23(33)31-9-8-19(15-31)37-11-10-32-25-18(14-29-27(28-4)30-25)12-20(26(32)34)24-16(2)21(35-5)13-22(36-6)17(24)3/h7,12-14,19H,1,8-11,15H2,2-6H3,(H,28,29,30)/t19-/m0/s1. The van der Waals surface area contributed by atoms with Gasteiger partial charge in [0.1, 0.15) is 17.1 Å². The van der Waals surface area contributed by atoms with E-state index in [0.29, 0.717) is 41.7 Å². The van der Waals surface area contributed by atoms with E-state index in [1.165, 1.54) is 6.08 Å². The number of carbonyl (C=O) groups excluding carboxylic acids is 1. The zero-order chi connectivity index (χ0) is 26.7. The predicted octanol–water partition coefficient (Wildman–Crippen LogP) is 2.94. The van der Waals surface area contributed by atoms with Crippen molar-refractivity contribution in [3.05, 3.63) is 52.5 Å². The highest BCUT2D eigenvalue weighted by atomic mass is 16.5. The Labute approximate surface area is 215 Å². The van der Waals surface area contributed by atoms with Crippen LogP contribution < -0.4 is 20.3 Å². The Kier molecular flexibility index (Phi) is 7.77. The number of hydrogen-bond donors (Lipinski definition) is 1. The van der Waals surface area contributed by atoms with E-state index in [9.17, 15) is 9.59 Å². The third-order valence-corrected chi connectivity index (χ3v) is 6.81. The van der Waals surface area contributed by atoms with Gasteiger partial charge in [0.2, 0.25) is 11.9 Å². The Morgan fingerprint density at radius 1 is 1.22 bits per heavy atom. The van der Waals surface area contributed by atoms with Gasteiger partial charge in [-0.25, -0.2) is 4.98 Å². The van der Waals surface area contributed by atoms with Crippen molar-refractivity contribution in [3.63, 3.8) is 0 Å². The number of anilines is 1. The summed E-state index contributed by atoms with van der Waals surface area (Å²) < 4.78 is 18.8. The predicted molar refractivity (Wildman–Crippen MR) is 142 cm³/mol. The summed E-state index contributed by atoms with van der Waals surface area (Å²) in [5.41, 5.74) is 3.25. The molecule has 1 aromatic carbocycles. The number of rotatable bonds is 9. The molecule has 0 saturated carbocycles. The molecule has 1 aliphatic heterocycles. The molecule has 37 heavy (non-hydrogen) atoms. The quantitative estimate of drug-likeness (QED) is 0.441. The topological polar surface area (TPSA) is 108 Å². The van der Waals surface area contributed by atoms with Gasteiger partial charge in [0.25, 0.3) is 5.56 Å². The number of benzene rings is 1. The summed E-state index contributed by atoms with van der Waals surface area (Å²) in [4.78, 5) is 36.5. The zero-order valence-corrected chi connectivity index (χ0v) is 22.0. The van der Waals surface area contributed by atoms with Crippen molar-refractivity contribution < 1.29 is 19.0 Å². The number of nitrogens with zero attached hydrogens (tertiary/aromatic N) is 4. The van der Waals surface area contributed by atoms with Crippen LogP contribution in [0.1, 0.15) is 17.5 Å². The van der Waals surface area contributed by atoms with Crippen molar-refractivity contribution in [2.45, 2.75) is 32.9 Å². The number of nitrogens with one attached hydrogen (secondary N) is 1. The van der Waals surface area contributed by atoms with Crippen LogP contribution in [0, 0.1) is 13.8 Å². The number of methoxy groups -OCH3 is 2. The first-order valence-electron chi connectivity index (χ1n) is 12.2. The van der Waals surface area contributed by atoms with Crippen molar-refractivity contribution in [3.8, 4) is 22.6 Å². The number of likely N-dealkylation sites (tertiary alicyclic amines) is 1. The molecule has 1 amide bonds. The number of ether oxygens (including phenoxy) is 3. The van der Waals surface area contributed by atoms with Crippen LogP contribution in [0.3, 0.4) is 0 Å². The van der Waals surface area contributed by atoms with Gasteiger partial charge >= 0.3 is 0 Å². The van der Waals surface area contributed by atoms with E-state index >= 15 is 0 Å². The van der Waals surface area contributed by atoms with Crippen molar-refractivity contribution >= 4 is 22.9 Å². The van der Waals surface area contributed by atoms with Crippen LogP contribution in [-0.4, -0.2) is 72.4 Å². The molecule has 0 unspecified atom stereocenters. The van der Waals surface area contributed by atoms with Gasteiger partial charge in [-0.15, -0.1) is 0 Å². The molecule has 0 bridgehead atoms. The second-order valence-corrected chi connectivity index (χ2v) is 8.91. The van der Waals surface area contributed by atoms with Gasteiger partial charge in [-0.05, 0) is 43.5 Å². The van der Waals surface area contributed by atoms with Gasteiger partial charge in [-0.2, -0.15) is 4.98 Å². The summed E-state index contributed by atoms with van der Waals surface area (Å²) in [6, 6.07) is 3.64. The van der Waals surface area contributed by atoms with E-state index in [0.717, 1.165) is 28.5 Å². The maximum absolute atomic E-state index is 14.0. The van der Waals surface area contributed by atoms with E-state index in [4.69, 9.17) is 14.2 Å². The Morgan fingerprint density at radius 2 is 1.92 bits per heavy atom. The number of hydrogen-bond acceptors (Lipinski definition) is 8. The minimum Gasteiger partial charge on any atom is -0.496 e. The van der Waals surface area contributed by atoms with E-state index < -0.39 is 0 Å². The molecule has 1 saturated heterocycles. The van der Waals surface area contributed by atoms with Crippen molar-refractivity contribution in [1.29, 1.82) is 0 Å². The molecule has 196 valence electrons. The molecule has 1 atom stereocenters. The minimum absolute atomic E-state index is 0.0938. The Balaban J connectivity index is 1.75. The smallest absolute Gasteiger partial charge is 0.260 e.